The Bertz CT molecular complexity index is 411. The lowest BCUT2D eigenvalue weighted by molar-refractivity contribution is 0.102. The Morgan fingerprint density at radius 3 is 2.83 bits per heavy atom. The van der Waals surface area contributed by atoms with Crippen molar-refractivity contribution < 1.29 is 19.7 Å². The van der Waals surface area contributed by atoms with Gasteiger partial charge in [-0.25, -0.2) is 0 Å². The first-order valence-electron chi connectivity index (χ1n) is 5.32. The average Bonchev–Trinajstić information content (AvgIpc) is 2.38. The third kappa shape index (κ3) is 4.61. The number of rotatable bonds is 7. The summed E-state index contributed by atoms with van der Waals surface area (Å²) in [5.74, 6) is 1.28. The van der Waals surface area contributed by atoms with E-state index in [1.165, 1.54) is 11.8 Å². The fourth-order valence-corrected chi connectivity index (χ4v) is 2.65. The third-order valence-corrected chi connectivity index (χ3v) is 3.93. The molecule has 100 valence electrons. The number of ether oxygens (including phenoxy) is 1. The van der Waals surface area contributed by atoms with Crippen molar-refractivity contribution in [1.82, 2.24) is 0 Å². The molecule has 0 amide bonds. The van der Waals surface area contributed by atoms with Crippen LogP contribution in [0.4, 0.5) is 0 Å². The number of thioether (sulfide) groups is 1. The van der Waals surface area contributed by atoms with Crippen LogP contribution in [0, 0.1) is 0 Å². The van der Waals surface area contributed by atoms with E-state index in [0.717, 1.165) is 4.47 Å². The fraction of sp³-hybridized carbons (Fsp3) is 0.417. The molecule has 4 nitrogen and oxygen atoms in total. The average molecular weight is 335 g/mol. The molecule has 0 heterocycles. The number of Topliss-reactive ketones (excluding diaryl/α,β-unsaturated/α-hetero) is 1. The monoisotopic (exact) mass is 334 g/mol. The van der Waals surface area contributed by atoms with Gasteiger partial charge in [0.25, 0.3) is 0 Å². The minimum atomic E-state index is -0.773. The second-order valence-corrected chi connectivity index (χ2v) is 5.51. The van der Waals surface area contributed by atoms with Crippen LogP contribution >= 0.6 is 27.7 Å². The summed E-state index contributed by atoms with van der Waals surface area (Å²) >= 11 is 4.62. The summed E-state index contributed by atoms with van der Waals surface area (Å²) in [6.45, 7) is -0.282. The zero-order valence-corrected chi connectivity index (χ0v) is 12.3. The predicted molar refractivity (Wildman–Crippen MR) is 75.4 cm³/mol. The molecule has 0 spiro atoms. The second-order valence-electron chi connectivity index (χ2n) is 3.62. The fourth-order valence-electron chi connectivity index (χ4n) is 1.26. The molecule has 0 bridgehead atoms. The van der Waals surface area contributed by atoms with Gasteiger partial charge in [0.1, 0.15) is 5.75 Å². The van der Waals surface area contributed by atoms with Gasteiger partial charge in [0, 0.05) is 11.3 Å². The minimum Gasteiger partial charge on any atom is -0.496 e. The Morgan fingerprint density at radius 2 is 2.28 bits per heavy atom. The highest BCUT2D eigenvalue weighted by molar-refractivity contribution is 9.10. The summed E-state index contributed by atoms with van der Waals surface area (Å²) < 4.78 is 5.82. The number of hydrogen-bond donors (Lipinski definition) is 2. The molecule has 2 N–H and O–H groups in total. The summed E-state index contributed by atoms with van der Waals surface area (Å²) in [4.78, 5) is 11.8. The van der Waals surface area contributed by atoms with Gasteiger partial charge in [0.2, 0.25) is 0 Å². The summed E-state index contributed by atoms with van der Waals surface area (Å²) in [6, 6.07) is 5.14. The Kier molecular flexibility index (Phi) is 6.70. The minimum absolute atomic E-state index is 0.0199. The van der Waals surface area contributed by atoms with Crippen molar-refractivity contribution in [2.24, 2.45) is 0 Å². The first-order valence-corrected chi connectivity index (χ1v) is 7.26. The van der Waals surface area contributed by atoms with Gasteiger partial charge in [-0.05, 0) is 34.1 Å². The Labute approximate surface area is 118 Å². The highest BCUT2D eigenvalue weighted by atomic mass is 79.9. The first kappa shape index (κ1) is 15.5. The molecule has 1 unspecified atom stereocenters. The van der Waals surface area contributed by atoms with E-state index in [4.69, 9.17) is 14.9 Å². The van der Waals surface area contributed by atoms with Gasteiger partial charge in [-0.3, -0.25) is 4.79 Å². The lowest BCUT2D eigenvalue weighted by atomic mass is 10.1. The van der Waals surface area contributed by atoms with E-state index < -0.39 is 6.10 Å². The molecule has 1 aromatic carbocycles. The van der Waals surface area contributed by atoms with E-state index in [2.05, 4.69) is 15.9 Å². The molecule has 1 atom stereocenters. The van der Waals surface area contributed by atoms with Crippen molar-refractivity contribution in [3.05, 3.63) is 28.2 Å². The molecule has 0 aliphatic rings. The lowest BCUT2D eigenvalue weighted by Crippen LogP contribution is -2.16. The summed E-state index contributed by atoms with van der Waals surface area (Å²) in [7, 11) is 1.56. The third-order valence-electron chi connectivity index (χ3n) is 2.23. The maximum Gasteiger partial charge on any atom is 0.172 e. The van der Waals surface area contributed by atoms with Gasteiger partial charge in [-0.15, -0.1) is 0 Å². The van der Waals surface area contributed by atoms with Crippen LogP contribution < -0.4 is 4.74 Å². The van der Waals surface area contributed by atoms with Crippen LogP contribution in [0.5, 0.6) is 5.75 Å². The lowest BCUT2D eigenvalue weighted by Gasteiger charge is -2.07. The van der Waals surface area contributed by atoms with Crippen molar-refractivity contribution in [1.29, 1.82) is 0 Å². The van der Waals surface area contributed by atoms with Crippen LogP contribution in [0.25, 0.3) is 0 Å². The van der Waals surface area contributed by atoms with E-state index in [0.29, 0.717) is 17.1 Å². The van der Waals surface area contributed by atoms with Gasteiger partial charge in [-0.1, -0.05) is 0 Å². The molecule has 18 heavy (non-hydrogen) atoms. The number of halogens is 1. The maximum absolute atomic E-state index is 11.8. The topological polar surface area (TPSA) is 66.8 Å². The quantitative estimate of drug-likeness (QED) is 0.743. The number of carbonyl (C=O) groups excluding carboxylic acids is 1. The van der Waals surface area contributed by atoms with Crippen LogP contribution in [-0.2, 0) is 0 Å². The number of carbonyl (C=O) groups is 1. The van der Waals surface area contributed by atoms with Crippen LogP contribution in [0.3, 0.4) is 0 Å². The summed E-state index contributed by atoms with van der Waals surface area (Å²) in [5.41, 5.74) is 0.591. The number of methoxy groups -OCH3 is 1. The van der Waals surface area contributed by atoms with Gasteiger partial charge in [0.15, 0.2) is 5.78 Å². The van der Waals surface area contributed by atoms with Crippen molar-refractivity contribution in [3.8, 4) is 5.75 Å². The number of hydrogen-bond acceptors (Lipinski definition) is 5. The normalized spacial score (nSPS) is 12.2. The first-order chi connectivity index (χ1) is 8.58. The number of benzene rings is 1. The van der Waals surface area contributed by atoms with Gasteiger partial charge < -0.3 is 14.9 Å². The zero-order valence-electron chi connectivity index (χ0n) is 9.93. The Morgan fingerprint density at radius 1 is 1.56 bits per heavy atom. The molecular formula is C12H15BrO4S. The molecule has 0 saturated heterocycles. The number of aliphatic hydroxyl groups excluding tert-OH is 2. The molecule has 0 aromatic heterocycles. The molecule has 0 saturated carbocycles. The largest absolute Gasteiger partial charge is 0.496 e. The molecule has 6 heteroatoms. The van der Waals surface area contributed by atoms with Crippen LogP contribution in [0.15, 0.2) is 22.7 Å². The van der Waals surface area contributed by atoms with E-state index >= 15 is 0 Å². The van der Waals surface area contributed by atoms with Crippen LogP contribution in [0.1, 0.15) is 10.4 Å². The molecule has 0 aliphatic heterocycles. The predicted octanol–water partition coefficient (Wildman–Crippen LogP) is 1.73. The van der Waals surface area contributed by atoms with E-state index in [9.17, 15) is 4.79 Å². The molecule has 1 rings (SSSR count). The van der Waals surface area contributed by atoms with E-state index in [1.54, 1.807) is 25.3 Å². The van der Waals surface area contributed by atoms with Gasteiger partial charge in [0.05, 0.1) is 30.0 Å². The molecule has 0 fully saturated rings. The Hall–Kier alpha value is -0.560. The Balaban J connectivity index is 2.54. The van der Waals surface area contributed by atoms with Crippen molar-refractivity contribution >= 4 is 33.5 Å². The standard InChI is InChI=1S/C12H15BrO4S/c1-17-12-3-2-8(4-10(12)13)11(16)7-18-6-9(15)5-14/h2-4,9,14-15H,5-7H2,1H3. The van der Waals surface area contributed by atoms with Crippen molar-refractivity contribution in [3.63, 3.8) is 0 Å². The molecule has 1 aromatic rings. The van der Waals surface area contributed by atoms with E-state index in [-0.39, 0.29) is 18.1 Å². The smallest absolute Gasteiger partial charge is 0.172 e. The highest BCUT2D eigenvalue weighted by Gasteiger charge is 2.10. The van der Waals surface area contributed by atoms with Crippen molar-refractivity contribution in [2.45, 2.75) is 6.10 Å². The molecular weight excluding hydrogens is 320 g/mol. The SMILES string of the molecule is COc1ccc(C(=O)CSCC(O)CO)cc1Br. The highest BCUT2D eigenvalue weighted by Crippen LogP contribution is 2.26. The van der Waals surface area contributed by atoms with Crippen LogP contribution in [-0.4, -0.2) is 47.3 Å². The summed E-state index contributed by atoms with van der Waals surface area (Å²) in [6.07, 6.45) is -0.773. The summed E-state index contributed by atoms with van der Waals surface area (Å²) in [5, 5.41) is 17.8. The molecule has 0 aliphatic carbocycles. The second kappa shape index (κ2) is 7.78. The van der Waals surface area contributed by atoms with Crippen molar-refractivity contribution in [2.75, 3.05) is 25.2 Å². The number of aliphatic hydroxyl groups is 2. The molecule has 0 radical (unpaired) electrons. The zero-order chi connectivity index (χ0) is 13.5. The van der Waals surface area contributed by atoms with Gasteiger partial charge >= 0.3 is 0 Å². The number of ketones is 1. The van der Waals surface area contributed by atoms with E-state index in [1.807, 2.05) is 0 Å². The van der Waals surface area contributed by atoms with Crippen LogP contribution in [0.2, 0.25) is 0 Å². The maximum atomic E-state index is 11.8. The van der Waals surface area contributed by atoms with Gasteiger partial charge in [-0.2, -0.15) is 11.8 Å².